The largest absolute Gasteiger partial charge is 0.302 e. The predicted molar refractivity (Wildman–Crippen MR) is 65.2 cm³/mol. The summed E-state index contributed by atoms with van der Waals surface area (Å²) in [5.74, 6) is 0.845. The van der Waals surface area contributed by atoms with Crippen LogP contribution in [0.3, 0.4) is 0 Å². The summed E-state index contributed by atoms with van der Waals surface area (Å²) in [5, 5.41) is 9.83. The van der Waals surface area contributed by atoms with Crippen molar-refractivity contribution in [1.29, 1.82) is 0 Å². The topological polar surface area (TPSA) is 42.7 Å². The average Bonchev–Trinajstić information content (AvgIpc) is 2.91. The number of aryl methyl sites for hydroxylation is 1. The molecule has 2 rings (SSSR count). The molecule has 5 heteroatoms. The zero-order chi connectivity index (χ0) is 11.4. The molecule has 0 radical (unpaired) electrons. The summed E-state index contributed by atoms with van der Waals surface area (Å²) >= 11 is 1.79. The maximum atomic E-state index is 4.24. The third-order valence-electron chi connectivity index (χ3n) is 2.45. The van der Waals surface area contributed by atoms with Gasteiger partial charge in [0.2, 0.25) is 0 Å². The van der Waals surface area contributed by atoms with E-state index in [0.717, 1.165) is 18.8 Å². The second kappa shape index (κ2) is 5.23. The van der Waals surface area contributed by atoms with Gasteiger partial charge in [0.25, 0.3) is 0 Å². The van der Waals surface area contributed by atoms with Crippen LogP contribution in [0.25, 0.3) is 0 Å². The van der Waals surface area contributed by atoms with Crippen LogP contribution in [-0.2, 0) is 13.6 Å². The molecule has 4 nitrogen and oxygen atoms in total. The fourth-order valence-corrected chi connectivity index (χ4v) is 2.50. The Kier molecular flexibility index (Phi) is 3.69. The molecule has 0 bridgehead atoms. The molecular formula is C11H16N4S. The van der Waals surface area contributed by atoms with Crippen LogP contribution in [0.15, 0.2) is 23.8 Å². The van der Waals surface area contributed by atoms with Gasteiger partial charge in [0, 0.05) is 18.0 Å². The van der Waals surface area contributed by atoms with Gasteiger partial charge in [-0.2, -0.15) is 5.10 Å². The van der Waals surface area contributed by atoms with Gasteiger partial charge in [-0.3, -0.25) is 4.68 Å². The molecule has 2 aromatic heterocycles. The Morgan fingerprint density at radius 2 is 2.44 bits per heavy atom. The van der Waals surface area contributed by atoms with Crippen molar-refractivity contribution in [3.63, 3.8) is 0 Å². The number of hydrogen-bond donors (Lipinski definition) is 1. The van der Waals surface area contributed by atoms with Gasteiger partial charge < -0.3 is 5.32 Å². The highest BCUT2D eigenvalue weighted by atomic mass is 32.1. The minimum atomic E-state index is 0.406. The number of thiophene rings is 1. The van der Waals surface area contributed by atoms with Crippen LogP contribution in [0.1, 0.15) is 30.1 Å². The number of rotatable bonds is 5. The van der Waals surface area contributed by atoms with E-state index >= 15 is 0 Å². The molecule has 2 aromatic rings. The highest BCUT2D eigenvalue weighted by Gasteiger charge is 2.10. The van der Waals surface area contributed by atoms with Gasteiger partial charge in [-0.05, 0) is 17.9 Å². The third kappa shape index (κ3) is 2.68. The molecule has 1 N–H and O–H groups in total. The van der Waals surface area contributed by atoms with Gasteiger partial charge in [-0.15, -0.1) is 11.3 Å². The van der Waals surface area contributed by atoms with Crippen molar-refractivity contribution in [2.45, 2.75) is 25.9 Å². The van der Waals surface area contributed by atoms with Crippen molar-refractivity contribution >= 4 is 11.3 Å². The Morgan fingerprint density at radius 1 is 1.56 bits per heavy atom. The van der Waals surface area contributed by atoms with Gasteiger partial charge >= 0.3 is 0 Å². The lowest BCUT2D eigenvalue weighted by atomic mass is 10.2. The van der Waals surface area contributed by atoms with Gasteiger partial charge in [-0.1, -0.05) is 13.0 Å². The van der Waals surface area contributed by atoms with Gasteiger partial charge in [0.1, 0.15) is 6.33 Å². The third-order valence-corrected chi connectivity index (χ3v) is 3.43. The smallest absolute Gasteiger partial charge is 0.164 e. The van der Waals surface area contributed by atoms with Crippen molar-refractivity contribution in [1.82, 2.24) is 20.1 Å². The first-order valence-electron chi connectivity index (χ1n) is 5.41. The molecule has 0 aliphatic rings. The molecule has 2 heterocycles. The van der Waals surface area contributed by atoms with Crippen LogP contribution in [0.2, 0.25) is 0 Å². The molecule has 0 aliphatic heterocycles. The lowest BCUT2D eigenvalue weighted by Gasteiger charge is -2.13. The SMILES string of the molecule is CCC(NCc1ncn(C)n1)c1cccs1. The van der Waals surface area contributed by atoms with Crippen LogP contribution >= 0.6 is 11.3 Å². The summed E-state index contributed by atoms with van der Waals surface area (Å²) in [5.41, 5.74) is 0. The fraction of sp³-hybridized carbons (Fsp3) is 0.455. The molecule has 0 spiro atoms. The molecule has 0 aliphatic carbocycles. The van der Waals surface area contributed by atoms with Gasteiger partial charge in [-0.25, -0.2) is 4.98 Å². The monoisotopic (exact) mass is 236 g/mol. The Bertz CT molecular complexity index is 421. The summed E-state index contributed by atoms with van der Waals surface area (Å²) in [6, 6.07) is 4.66. The number of nitrogens with one attached hydrogen (secondary N) is 1. The Labute approximate surface area is 99.3 Å². The quantitative estimate of drug-likeness (QED) is 0.864. The first-order chi connectivity index (χ1) is 7.79. The minimum absolute atomic E-state index is 0.406. The minimum Gasteiger partial charge on any atom is -0.302 e. The second-order valence-electron chi connectivity index (χ2n) is 3.69. The number of nitrogens with zero attached hydrogens (tertiary/aromatic N) is 3. The van der Waals surface area contributed by atoms with Crippen LogP contribution < -0.4 is 5.32 Å². The van der Waals surface area contributed by atoms with E-state index in [9.17, 15) is 0 Å². The molecular weight excluding hydrogens is 220 g/mol. The molecule has 0 amide bonds. The first-order valence-corrected chi connectivity index (χ1v) is 6.29. The van der Waals surface area contributed by atoms with Crippen molar-refractivity contribution in [3.05, 3.63) is 34.5 Å². The second-order valence-corrected chi connectivity index (χ2v) is 4.67. The van der Waals surface area contributed by atoms with Gasteiger partial charge in [0.05, 0.1) is 6.54 Å². The summed E-state index contributed by atoms with van der Waals surface area (Å²) < 4.78 is 1.73. The van der Waals surface area contributed by atoms with Crippen molar-refractivity contribution in [2.75, 3.05) is 0 Å². The van der Waals surface area contributed by atoms with E-state index in [-0.39, 0.29) is 0 Å². The Balaban J connectivity index is 1.93. The van der Waals surface area contributed by atoms with E-state index in [0.29, 0.717) is 6.04 Å². The van der Waals surface area contributed by atoms with Crippen molar-refractivity contribution < 1.29 is 0 Å². The van der Waals surface area contributed by atoms with Crippen LogP contribution in [0.5, 0.6) is 0 Å². The zero-order valence-electron chi connectivity index (χ0n) is 9.55. The van der Waals surface area contributed by atoms with E-state index in [1.807, 2.05) is 7.05 Å². The van der Waals surface area contributed by atoms with Gasteiger partial charge in [0.15, 0.2) is 5.82 Å². The standard InChI is InChI=1S/C11H16N4S/c1-3-9(10-5-4-6-16-10)12-7-11-13-8-15(2)14-11/h4-6,8-9,12H,3,7H2,1-2H3. The maximum Gasteiger partial charge on any atom is 0.164 e. The van der Waals surface area contributed by atoms with E-state index in [1.165, 1.54) is 4.88 Å². The van der Waals surface area contributed by atoms with E-state index in [4.69, 9.17) is 0 Å². The fourth-order valence-electron chi connectivity index (χ4n) is 1.62. The number of aromatic nitrogens is 3. The van der Waals surface area contributed by atoms with Crippen molar-refractivity contribution in [2.24, 2.45) is 7.05 Å². The highest BCUT2D eigenvalue weighted by molar-refractivity contribution is 7.10. The van der Waals surface area contributed by atoms with Crippen LogP contribution in [0, 0.1) is 0 Å². The van der Waals surface area contributed by atoms with E-state index in [1.54, 1.807) is 22.3 Å². The van der Waals surface area contributed by atoms with E-state index < -0.39 is 0 Å². The summed E-state index contributed by atoms with van der Waals surface area (Å²) in [6.07, 6.45) is 2.80. The average molecular weight is 236 g/mol. The lowest BCUT2D eigenvalue weighted by molar-refractivity contribution is 0.514. The molecule has 0 saturated carbocycles. The normalized spacial score (nSPS) is 12.9. The Morgan fingerprint density at radius 3 is 3.00 bits per heavy atom. The zero-order valence-corrected chi connectivity index (χ0v) is 10.4. The molecule has 1 unspecified atom stereocenters. The number of hydrogen-bond acceptors (Lipinski definition) is 4. The molecule has 0 fully saturated rings. The first kappa shape index (κ1) is 11.3. The maximum absolute atomic E-state index is 4.24. The van der Waals surface area contributed by atoms with E-state index in [2.05, 4.69) is 39.8 Å². The summed E-state index contributed by atoms with van der Waals surface area (Å²) in [4.78, 5) is 5.57. The summed E-state index contributed by atoms with van der Waals surface area (Å²) in [6.45, 7) is 2.90. The highest BCUT2D eigenvalue weighted by Crippen LogP contribution is 2.21. The van der Waals surface area contributed by atoms with Crippen LogP contribution in [-0.4, -0.2) is 14.8 Å². The van der Waals surface area contributed by atoms with Crippen LogP contribution in [0.4, 0.5) is 0 Å². The predicted octanol–water partition coefficient (Wildman–Crippen LogP) is 2.12. The molecule has 0 saturated heterocycles. The van der Waals surface area contributed by atoms with Crippen molar-refractivity contribution in [3.8, 4) is 0 Å². The lowest BCUT2D eigenvalue weighted by Crippen LogP contribution is -2.20. The summed E-state index contributed by atoms with van der Waals surface area (Å²) in [7, 11) is 1.88. The molecule has 0 aromatic carbocycles. The molecule has 86 valence electrons. The molecule has 1 atom stereocenters. The Hall–Kier alpha value is -1.20. The molecule has 16 heavy (non-hydrogen) atoms.